The third-order valence-electron chi connectivity index (χ3n) is 9.48. The summed E-state index contributed by atoms with van der Waals surface area (Å²) in [6, 6.07) is 59.6. The van der Waals surface area contributed by atoms with Crippen LogP contribution in [0, 0.1) is 0 Å². The number of thiophene rings is 1. The van der Waals surface area contributed by atoms with Crippen molar-refractivity contribution < 1.29 is 0 Å². The highest BCUT2D eigenvalue weighted by Crippen LogP contribution is 2.43. The fourth-order valence-electron chi connectivity index (χ4n) is 7.08. The van der Waals surface area contributed by atoms with E-state index in [1.165, 1.54) is 36.5 Å². The lowest BCUT2D eigenvalue weighted by atomic mass is 10.0. The maximum atomic E-state index is 5.24. The van der Waals surface area contributed by atoms with Crippen LogP contribution in [0.25, 0.3) is 93.0 Å². The van der Waals surface area contributed by atoms with E-state index in [1.807, 2.05) is 23.5 Å². The average molecular weight is 657 g/mol. The lowest BCUT2D eigenvalue weighted by molar-refractivity contribution is 0.954. The second-order valence-corrected chi connectivity index (χ2v) is 13.5. The first-order chi connectivity index (χ1) is 24.8. The Labute approximate surface area is 292 Å². The van der Waals surface area contributed by atoms with Gasteiger partial charge in [0.05, 0.1) is 11.0 Å². The third-order valence-corrected chi connectivity index (χ3v) is 10.7. The van der Waals surface area contributed by atoms with Crippen LogP contribution >= 0.6 is 11.3 Å². The summed E-state index contributed by atoms with van der Waals surface area (Å²) >= 11 is 1.85. The van der Waals surface area contributed by atoms with Crippen LogP contribution in [0.1, 0.15) is 0 Å². The third kappa shape index (κ3) is 4.71. The van der Waals surface area contributed by atoms with Gasteiger partial charge in [-0.1, -0.05) is 146 Å². The van der Waals surface area contributed by atoms with Gasteiger partial charge in [0.1, 0.15) is 0 Å². The van der Waals surface area contributed by atoms with Crippen molar-refractivity contribution in [1.82, 2.24) is 19.5 Å². The minimum absolute atomic E-state index is 0.592. The van der Waals surface area contributed by atoms with Crippen LogP contribution in [0.4, 0.5) is 0 Å². The van der Waals surface area contributed by atoms with Gasteiger partial charge in [0.15, 0.2) is 11.6 Å². The Morgan fingerprint density at radius 2 is 0.960 bits per heavy atom. The highest BCUT2D eigenvalue weighted by molar-refractivity contribution is 7.26. The second kappa shape index (κ2) is 11.6. The molecule has 0 atom stereocenters. The molecule has 10 aromatic rings. The van der Waals surface area contributed by atoms with Crippen molar-refractivity contribution in [2.24, 2.45) is 0 Å². The quantitative estimate of drug-likeness (QED) is 0.185. The summed E-state index contributed by atoms with van der Waals surface area (Å²) in [5.74, 6) is 1.85. The zero-order chi connectivity index (χ0) is 33.0. The smallest absolute Gasteiger partial charge is 0.238 e. The Balaban J connectivity index is 1.22. The number of fused-ring (bicyclic) bond motifs is 7. The summed E-state index contributed by atoms with van der Waals surface area (Å²) in [4.78, 5) is 15.6. The van der Waals surface area contributed by atoms with Crippen molar-refractivity contribution in [2.45, 2.75) is 0 Å². The van der Waals surface area contributed by atoms with Gasteiger partial charge < -0.3 is 0 Å². The molecule has 0 saturated carbocycles. The molecule has 0 aliphatic rings. The van der Waals surface area contributed by atoms with Crippen molar-refractivity contribution in [3.63, 3.8) is 0 Å². The van der Waals surface area contributed by atoms with E-state index in [1.54, 1.807) is 0 Å². The molecule has 0 unspecified atom stereocenters. The van der Waals surface area contributed by atoms with Gasteiger partial charge in [-0.3, -0.25) is 4.57 Å². The van der Waals surface area contributed by atoms with Crippen LogP contribution in [0.5, 0.6) is 0 Å². The number of rotatable bonds is 5. The largest absolute Gasteiger partial charge is 0.278 e. The monoisotopic (exact) mass is 656 g/mol. The van der Waals surface area contributed by atoms with E-state index in [0.29, 0.717) is 17.6 Å². The normalized spacial score (nSPS) is 11.6. The van der Waals surface area contributed by atoms with Crippen molar-refractivity contribution in [1.29, 1.82) is 0 Å². The molecular weight excluding hydrogens is 629 g/mol. The number of hydrogen-bond donors (Lipinski definition) is 0. The van der Waals surface area contributed by atoms with E-state index in [-0.39, 0.29) is 0 Å². The van der Waals surface area contributed by atoms with Gasteiger partial charge in [-0.2, -0.15) is 9.97 Å². The molecule has 0 aliphatic heterocycles. The maximum absolute atomic E-state index is 5.24. The number of nitrogens with zero attached hydrogens (tertiary/aromatic N) is 4. The second-order valence-electron chi connectivity index (χ2n) is 12.5. The SMILES string of the molecule is c1ccc(-c2ccc(-c3nc(-c4cccc(-c5ccccc5)c4)nc(-n4c5ccccc5c5c6sc7ccccc7c6ccc54)n3)cc2)cc1. The molecule has 0 aliphatic carbocycles. The zero-order valence-corrected chi connectivity index (χ0v) is 27.7. The van der Waals surface area contributed by atoms with Crippen LogP contribution in [0.15, 0.2) is 170 Å². The van der Waals surface area contributed by atoms with Crippen molar-refractivity contribution in [2.75, 3.05) is 0 Å². The molecule has 0 N–H and O–H groups in total. The number of para-hydroxylation sites is 1. The minimum atomic E-state index is 0.592. The van der Waals surface area contributed by atoms with Gasteiger partial charge >= 0.3 is 0 Å². The van der Waals surface area contributed by atoms with Crippen LogP contribution in [0.3, 0.4) is 0 Å². The van der Waals surface area contributed by atoms with Crippen molar-refractivity contribution >= 4 is 53.3 Å². The summed E-state index contributed by atoms with van der Waals surface area (Å²) in [5, 5.41) is 4.96. The fourth-order valence-corrected chi connectivity index (χ4v) is 8.34. The molecular formula is C45H28N4S. The molecule has 7 aromatic carbocycles. The molecule has 0 amide bonds. The summed E-state index contributed by atoms with van der Waals surface area (Å²) in [7, 11) is 0. The van der Waals surface area contributed by atoms with Gasteiger partial charge in [-0.25, -0.2) is 4.98 Å². The molecule has 50 heavy (non-hydrogen) atoms. The predicted molar refractivity (Wildman–Crippen MR) is 209 cm³/mol. The highest BCUT2D eigenvalue weighted by atomic mass is 32.1. The van der Waals surface area contributed by atoms with Gasteiger partial charge in [0, 0.05) is 42.1 Å². The molecule has 3 heterocycles. The molecule has 0 radical (unpaired) electrons. The molecule has 10 rings (SSSR count). The first kappa shape index (κ1) is 28.6. The van der Waals surface area contributed by atoms with E-state index in [9.17, 15) is 0 Å². The Hall–Kier alpha value is -6.43. The fraction of sp³-hybridized carbons (Fsp3) is 0. The lowest BCUT2D eigenvalue weighted by Gasteiger charge is -2.12. The standard InChI is InChI=1S/C45H28N4S/c1-3-12-29(13-4-1)31-22-24-32(25-23-31)43-46-44(34-17-11-16-33(28-34)30-14-5-2-6-15-30)48-45(47-43)49-38-20-9-7-19-37(38)41-39(49)27-26-36-35-18-8-10-21-40(35)50-42(36)41/h1-28H. The summed E-state index contributed by atoms with van der Waals surface area (Å²) in [6.45, 7) is 0. The topological polar surface area (TPSA) is 43.6 Å². The van der Waals surface area contributed by atoms with E-state index in [2.05, 4.69) is 162 Å². The predicted octanol–water partition coefficient (Wildman–Crippen LogP) is 12.0. The van der Waals surface area contributed by atoms with E-state index in [0.717, 1.165) is 38.9 Å². The molecule has 3 aromatic heterocycles. The van der Waals surface area contributed by atoms with E-state index >= 15 is 0 Å². The molecule has 0 spiro atoms. The maximum Gasteiger partial charge on any atom is 0.238 e. The highest BCUT2D eigenvalue weighted by Gasteiger charge is 2.20. The average Bonchev–Trinajstić information content (AvgIpc) is 3.74. The molecule has 0 fully saturated rings. The first-order valence-electron chi connectivity index (χ1n) is 16.7. The Kier molecular flexibility index (Phi) is 6.64. The van der Waals surface area contributed by atoms with Crippen LogP contribution in [-0.4, -0.2) is 19.5 Å². The van der Waals surface area contributed by atoms with Gasteiger partial charge in [0.25, 0.3) is 0 Å². The van der Waals surface area contributed by atoms with Gasteiger partial charge in [-0.05, 0) is 46.5 Å². The lowest BCUT2D eigenvalue weighted by Crippen LogP contribution is -2.06. The van der Waals surface area contributed by atoms with Crippen molar-refractivity contribution in [3.8, 4) is 51.0 Å². The molecule has 0 saturated heterocycles. The molecule has 4 nitrogen and oxygen atoms in total. The number of benzene rings is 7. The summed E-state index contributed by atoms with van der Waals surface area (Å²) in [5.41, 5.74) is 8.59. The van der Waals surface area contributed by atoms with E-state index < -0.39 is 0 Å². The summed E-state index contributed by atoms with van der Waals surface area (Å²) < 4.78 is 4.77. The van der Waals surface area contributed by atoms with Crippen LogP contribution in [-0.2, 0) is 0 Å². The van der Waals surface area contributed by atoms with Crippen molar-refractivity contribution in [3.05, 3.63) is 170 Å². The zero-order valence-electron chi connectivity index (χ0n) is 26.9. The first-order valence-corrected chi connectivity index (χ1v) is 17.5. The van der Waals surface area contributed by atoms with Crippen LogP contribution in [0.2, 0.25) is 0 Å². The Bertz CT molecular complexity index is 2850. The van der Waals surface area contributed by atoms with E-state index in [4.69, 9.17) is 15.0 Å². The van der Waals surface area contributed by atoms with Gasteiger partial charge in [-0.15, -0.1) is 11.3 Å². The van der Waals surface area contributed by atoms with Gasteiger partial charge in [0.2, 0.25) is 5.95 Å². The molecule has 0 bridgehead atoms. The molecule has 234 valence electrons. The summed E-state index contributed by atoms with van der Waals surface area (Å²) in [6.07, 6.45) is 0. The molecule has 5 heteroatoms. The number of aromatic nitrogens is 4. The Morgan fingerprint density at radius 3 is 1.74 bits per heavy atom. The van der Waals surface area contributed by atoms with Crippen LogP contribution < -0.4 is 0 Å². The Morgan fingerprint density at radius 1 is 0.380 bits per heavy atom. The minimum Gasteiger partial charge on any atom is -0.278 e. The number of hydrogen-bond acceptors (Lipinski definition) is 4.